The van der Waals surface area contributed by atoms with Gasteiger partial charge >= 0.3 is 0 Å². The van der Waals surface area contributed by atoms with E-state index in [4.69, 9.17) is 5.73 Å². The van der Waals surface area contributed by atoms with Crippen LogP contribution in [-0.4, -0.2) is 22.1 Å². The van der Waals surface area contributed by atoms with Crippen LogP contribution in [0.15, 0.2) is 12.4 Å². The topological polar surface area (TPSA) is 60.9 Å². The molecule has 0 spiro atoms. The van der Waals surface area contributed by atoms with Crippen molar-refractivity contribution in [1.82, 2.24) is 9.78 Å². The summed E-state index contributed by atoms with van der Waals surface area (Å²) in [5, 5.41) is 4.12. The predicted molar refractivity (Wildman–Crippen MR) is 59.7 cm³/mol. The highest BCUT2D eigenvalue weighted by molar-refractivity contribution is 5.95. The smallest absolute Gasteiger partial charge is 0.166 e. The van der Waals surface area contributed by atoms with E-state index in [9.17, 15) is 4.79 Å². The largest absolute Gasteiger partial charge is 0.330 e. The Bertz CT molecular complexity index is 319. The van der Waals surface area contributed by atoms with E-state index in [0.29, 0.717) is 18.5 Å². The number of Topliss-reactive ketones (excluding diaryl/α,β-unsaturated/α-hetero) is 1. The minimum absolute atomic E-state index is 0.135. The molecule has 0 radical (unpaired) electrons. The molecule has 1 aromatic rings. The molecule has 1 atom stereocenters. The van der Waals surface area contributed by atoms with Gasteiger partial charge in [0, 0.05) is 19.2 Å². The number of aromatic nitrogens is 2. The summed E-state index contributed by atoms with van der Waals surface area (Å²) in [6.45, 7) is 5.47. The highest BCUT2D eigenvalue weighted by Gasteiger charge is 2.11. The van der Waals surface area contributed by atoms with Crippen molar-refractivity contribution in [3.05, 3.63) is 18.0 Å². The quantitative estimate of drug-likeness (QED) is 0.721. The molecular formula is C11H19N3O. The lowest BCUT2D eigenvalue weighted by Crippen LogP contribution is -2.14. The third-order valence-corrected chi connectivity index (χ3v) is 2.34. The summed E-state index contributed by atoms with van der Waals surface area (Å²) in [7, 11) is 0. The maximum atomic E-state index is 11.7. The van der Waals surface area contributed by atoms with Gasteiger partial charge in [0.05, 0.1) is 11.8 Å². The Labute approximate surface area is 90.5 Å². The SMILES string of the molecule is CCCn1cc(C(=O)CC(C)CN)cn1. The molecule has 0 saturated heterocycles. The molecule has 1 aromatic heterocycles. The fourth-order valence-electron chi connectivity index (χ4n) is 1.38. The van der Waals surface area contributed by atoms with Gasteiger partial charge in [-0.15, -0.1) is 0 Å². The molecular weight excluding hydrogens is 190 g/mol. The minimum atomic E-state index is 0.135. The van der Waals surface area contributed by atoms with Crippen LogP contribution >= 0.6 is 0 Å². The Morgan fingerprint density at radius 2 is 2.40 bits per heavy atom. The summed E-state index contributed by atoms with van der Waals surface area (Å²) in [5.74, 6) is 0.377. The first-order valence-corrected chi connectivity index (χ1v) is 5.43. The van der Waals surface area contributed by atoms with E-state index in [1.165, 1.54) is 0 Å². The van der Waals surface area contributed by atoms with Gasteiger partial charge in [-0.05, 0) is 18.9 Å². The molecule has 2 N–H and O–H groups in total. The van der Waals surface area contributed by atoms with Crippen molar-refractivity contribution >= 4 is 5.78 Å². The summed E-state index contributed by atoms with van der Waals surface area (Å²) < 4.78 is 1.81. The second kappa shape index (κ2) is 5.66. The molecule has 1 rings (SSSR count). The van der Waals surface area contributed by atoms with Crippen LogP contribution in [0.3, 0.4) is 0 Å². The number of ketones is 1. The van der Waals surface area contributed by atoms with Crippen molar-refractivity contribution in [1.29, 1.82) is 0 Å². The molecule has 0 aromatic carbocycles. The van der Waals surface area contributed by atoms with Crippen LogP contribution < -0.4 is 5.73 Å². The number of rotatable bonds is 6. The maximum absolute atomic E-state index is 11.7. The van der Waals surface area contributed by atoms with Crippen molar-refractivity contribution in [2.45, 2.75) is 33.2 Å². The minimum Gasteiger partial charge on any atom is -0.330 e. The molecule has 1 heterocycles. The molecule has 4 heteroatoms. The number of aryl methyl sites for hydroxylation is 1. The highest BCUT2D eigenvalue weighted by Crippen LogP contribution is 2.08. The molecule has 0 aliphatic heterocycles. The molecule has 0 bridgehead atoms. The van der Waals surface area contributed by atoms with Crippen LogP contribution in [0.1, 0.15) is 37.0 Å². The Kier molecular flexibility index (Phi) is 4.49. The molecule has 0 fully saturated rings. The number of nitrogens with two attached hydrogens (primary N) is 1. The fraction of sp³-hybridized carbons (Fsp3) is 0.636. The summed E-state index contributed by atoms with van der Waals surface area (Å²) in [6, 6.07) is 0. The Hall–Kier alpha value is -1.16. The second-order valence-electron chi connectivity index (χ2n) is 3.96. The summed E-state index contributed by atoms with van der Waals surface area (Å²) >= 11 is 0. The Morgan fingerprint density at radius 3 is 3.00 bits per heavy atom. The molecule has 0 aliphatic rings. The summed E-state index contributed by atoms with van der Waals surface area (Å²) in [5.41, 5.74) is 6.18. The van der Waals surface area contributed by atoms with Crippen molar-refractivity contribution in [2.24, 2.45) is 11.7 Å². The maximum Gasteiger partial charge on any atom is 0.166 e. The molecule has 15 heavy (non-hydrogen) atoms. The average Bonchev–Trinajstić information content (AvgIpc) is 2.67. The van der Waals surface area contributed by atoms with Gasteiger partial charge in [0.15, 0.2) is 5.78 Å². The van der Waals surface area contributed by atoms with Crippen molar-refractivity contribution in [3.8, 4) is 0 Å². The van der Waals surface area contributed by atoms with Crippen LogP contribution in [0.5, 0.6) is 0 Å². The van der Waals surface area contributed by atoms with Gasteiger partial charge in [-0.2, -0.15) is 5.10 Å². The normalized spacial score (nSPS) is 12.7. The molecule has 84 valence electrons. The zero-order valence-electron chi connectivity index (χ0n) is 9.44. The van der Waals surface area contributed by atoms with Crippen molar-refractivity contribution in [3.63, 3.8) is 0 Å². The Balaban J connectivity index is 2.58. The van der Waals surface area contributed by atoms with Gasteiger partial charge in [0.1, 0.15) is 0 Å². The standard InChI is InChI=1S/C11H19N3O/c1-3-4-14-8-10(7-13-14)11(15)5-9(2)6-12/h7-9H,3-6,12H2,1-2H3. The van der Waals surface area contributed by atoms with E-state index in [2.05, 4.69) is 12.0 Å². The lowest BCUT2D eigenvalue weighted by Gasteiger charge is -2.04. The van der Waals surface area contributed by atoms with Gasteiger partial charge in [0.2, 0.25) is 0 Å². The molecule has 1 unspecified atom stereocenters. The van der Waals surface area contributed by atoms with Gasteiger partial charge in [-0.1, -0.05) is 13.8 Å². The summed E-state index contributed by atoms with van der Waals surface area (Å²) in [4.78, 5) is 11.7. The van der Waals surface area contributed by atoms with Crippen LogP contribution in [0.2, 0.25) is 0 Å². The van der Waals surface area contributed by atoms with Crippen LogP contribution in [0.4, 0.5) is 0 Å². The second-order valence-corrected chi connectivity index (χ2v) is 3.96. The number of carbonyl (C=O) groups excluding carboxylic acids is 1. The van der Waals surface area contributed by atoms with Gasteiger partial charge in [0.25, 0.3) is 0 Å². The number of nitrogens with zero attached hydrogens (tertiary/aromatic N) is 2. The van der Waals surface area contributed by atoms with Crippen molar-refractivity contribution < 1.29 is 4.79 Å². The zero-order valence-corrected chi connectivity index (χ0v) is 9.44. The highest BCUT2D eigenvalue weighted by atomic mass is 16.1. The van der Waals surface area contributed by atoms with E-state index >= 15 is 0 Å². The lowest BCUT2D eigenvalue weighted by molar-refractivity contribution is 0.0966. The fourth-order valence-corrected chi connectivity index (χ4v) is 1.38. The zero-order chi connectivity index (χ0) is 11.3. The first-order chi connectivity index (χ1) is 7.17. The van der Waals surface area contributed by atoms with E-state index < -0.39 is 0 Å². The first kappa shape index (κ1) is 11.9. The van der Waals surface area contributed by atoms with E-state index in [-0.39, 0.29) is 11.7 Å². The summed E-state index contributed by atoms with van der Waals surface area (Å²) in [6.07, 6.45) is 4.99. The molecule has 0 amide bonds. The van der Waals surface area contributed by atoms with Gasteiger partial charge in [-0.25, -0.2) is 0 Å². The third kappa shape index (κ3) is 3.47. The van der Waals surface area contributed by atoms with Crippen LogP contribution in [0.25, 0.3) is 0 Å². The number of hydrogen-bond acceptors (Lipinski definition) is 3. The lowest BCUT2D eigenvalue weighted by atomic mass is 10.0. The Morgan fingerprint density at radius 1 is 1.67 bits per heavy atom. The van der Waals surface area contributed by atoms with E-state index in [1.807, 2.05) is 13.1 Å². The van der Waals surface area contributed by atoms with Gasteiger partial charge < -0.3 is 5.73 Å². The van der Waals surface area contributed by atoms with E-state index in [0.717, 1.165) is 13.0 Å². The monoisotopic (exact) mass is 209 g/mol. The number of hydrogen-bond donors (Lipinski definition) is 1. The van der Waals surface area contributed by atoms with Crippen LogP contribution in [0, 0.1) is 5.92 Å². The van der Waals surface area contributed by atoms with Crippen LogP contribution in [-0.2, 0) is 6.54 Å². The average molecular weight is 209 g/mol. The third-order valence-electron chi connectivity index (χ3n) is 2.34. The van der Waals surface area contributed by atoms with Gasteiger partial charge in [-0.3, -0.25) is 9.48 Å². The molecule has 0 aliphatic carbocycles. The molecule has 4 nitrogen and oxygen atoms in total. The van der Waals surface area contributed by atoms with E-state index in [1.54, 1.807) is 10.9 Å². The number of carbonyl (C=O) groups is 1. The predicted octanol–water partition coefficient (Wildman–Crippen LogP) is 1.46. The molecule has 0 saturated carbocycles. The van der Waals surface area contributed by atoms with Crippen molar-refractivity contribution in [2.75, 3.05) is 6.54 Å². The first-order valence-electron chi connectivity index (χ1n) is 5.43.